The van der Waals surface area contributed by atoms with E-state index in [2.05, 4.69) is 21.5 Å². The van der Waals surface area contributed by atoms with Crippen molar-refractivity contribution in [1.82, 2.24) is 24.4 Å². The number of halogens is 2. The van der Waals surface area contributed by atoms with Crippen LogP contribution < -0.4 is 10.6 Å². The van der Waals surface area contributed by atoms with Crippen LogP contribution in [0.2, 0.25) is 0 Å². The van der Waals surface area contributed by atoms with Crippen molar-refractivity contribution < 1.29 is 13.6 Å². The van der Waals surface area contributed by atoms with Crippen molar-refractivity contribution in [3.05, 3.63) is 76.3 Å². The van der Waals surface area contributed by atoms with Crippen LogP contribution in [0.1, 0.15) is 32.4 Å². The van der Waals surface area contributed by atoms with Gasteiger partial charge < -0.3 is 9.80 Å². The first-order valence-corrected chi connectivity index (χ1v) is 13.1. The van der Waals surface area contributed by atoms with Crippen LogP contribution in [-0.2, 0) is 4.79 Å². The number of hydrogen-bond acceptors (Lipinski definition) is 7. The van der Waals surface area contributed by atoms with E-state index in [-0.39, 0.29) is 40.6 Å². The number of carbonyl (C=O) groups is 1. The molecule has 196 valence electrons. The number of nitrogens with zero attached hydrogens (tertiary/aromatic N) is 6. The highest BCUT2D eigenvalue weighted by molar-refractivity contribution is 7.12. The van der Waals surface area contributed by atoms with Crippen LogP contribution in [0.4, 0.5) is 14.6 Å². The van der Waals surface area contributed by atoms with Crippen molar-refractivity contribution in [2.75, 3.05) is 24.5 Å². The van der Waals surface area contributed by atoms with E-state index < -0.39 is 17.3 Å². The van der Waals surface area contributed by atoms with Gasteiger partial charge in [0.1, 0.15) is 28.1 Å². The molecule has 0 bridgehead atoms. The van der Waals surface area contributed by atoms with Crippen molar-refractivity contribution in [1.29, 1.82) is 0 Å². The monoisotopic (exact) mass is 536 g/mol. The number of hydrogen-bond donors (Lipinski definition) is 0. The smallest absolute Gasteiger partial charge is 0.350 e. The third kappa shape index (κ3) is 4.36. The number of pyridine rings is 1. The molecule has 0 radical (unpaired) electrons. The quantitative estimate of drug-likeness (QED) is 0.349. The molecule has 0 N–H and O–H groups in total. The van der Waals surface area contributed by atoms with E-state index in [0.717, 1.165) is 0 Å². The number of rotatable bonds is 5. The SMILES string of the molecule is C=CC(=O)N1CCN(c2nc(=O)n(-c3scnc3C(C)C)c3nc(-c4ccccc4F)c(F)cc23)[C@@H](C)C1. The average Bonchev–Trinajstić information content (AvgIpc) is 3.38. The fourth-order valence-corrected chi connectivity index (χ4v) is 5.71. The van der Waals surface area contributed by atoms with Gasteiger partial charge in [0.05, 0.1) is 16.6 Å². The predicted molar refractivity (Wildman–Crippen MR) is 144 cm³/mol. The fraction of sp³-hybridized carbons (Fsp3) is 0.296. The van der Waals surface area contributed by atoms with Gasteiger partial charge in [0.25, 0.3) is 0 Å². The van der Waals surface area contributed by atoms with E-state index in [4.69, 9.17) is 0 Å². The first-order chi connectivity index (χ1) is 18.2. The van der Waals surface area contributed by atoms with E-state index in [1.807, 2.05) is 25.7 Å². The Morgan fingerprint density at radius 1 is 1.18 bits per heavy atom. The highest BCUT2D eigenvalue weighted by Crippen LogP contribution is 2.34. The second-order valence-corrected chi connectivity index (χ2v) is 10.3. The lowest BCUT2D eigenvalue weighted by Gasteiger charge is -2.40. The average molecular weight is 537 g/mol. The van der Waals surface area contributed by atoms with E-state index >= 15 is 4.39 Å². The van der Waals surface area contributed by atoms with E-state index in [9.17, 15) is 14.0 Å². The summed E-state index contributed by atoms with van der Waals surface area (Å²) in [5.74, 6) is -1.28. The van der Waals surface area contributed by atoms with Gasteiger partial charge >= 0.3 is 5.69 Å². The minimum Gasteiger partial charge on any atom is -0.350 e. The van der Waals surface area contributed by atoms with Gasteiger partial charge in [-0.2, -0.15) is 4.98 Å². The Morgan fingerprint density at radius 2 is 1.95 bits per heavy atom. The molecular weight excluding hydrogens is 510 g/mol. The number of carbonyl (C=O) groups excluding carboxylic acids is 1. The first kappa shape index (κ1) is 25.7. The minimum absolute atomic E-state index is 0.000130. The second-order valence-electron chi connectivity index (χ2n) is 9.45. The van der Waals surface area contributed by atoms with Gasteiger partial charge in [0.15, 0.2) is 5.65 Å². The van der Waals surface area contributed by atoms with Crippen molar-refractivity contribution in [3.8, 4) is 16.3 Å². The second kappa shape index (κ2) is 10.1. The number of fused-ring (bicyclic) bond motifs is 1. The lowest BCUT2D eigenvalue weighted by atomic mass is 10.1. The first-order valence-electron chi connectivity index (χ1n) is 12.2. The summed E-state index contributed by atoms with van der Waals surface area (Å²) < 4.78 is 31.6. The lowest BCUT2D eigenvalue weighted by molar-refractivity contribution is -0.126. The number of benzene rings is 1. The Hall–Kier alpha value is -3.99. The van der Waals surface area contributed by atoms with E-state index in [1.165, 1.54) is 46.2 Å². The topological polar surface area (TPSA) is 84.2 Å². The Bertz CT molecular complexity index is 1620. The molecule has 1 fully saturated rings. The number of amides is 1. The number of anilines is 1. The normalized spacial score (nSPS) is 15.9. The number of thiazole rings is 1. The molecular formula is C27H26F2N6O2S. The zero-order chi connectivity index (χ0) is 27.1. The third-order valence-electron chi connectivity index (χ3n) is 6.64. The van der Waals surface area contributed by atoms with Gasteiger partial charge in [-0.25, -0.2) is 28.1 Å². The maximum atomic E-state index is 15.6. The van der Waals surface area contributed by atoms with Crippen LogP contribution in [0.15, 0.2) is 53.3 Å². The Kier molecular flexibility index (Phi) is 6.78. The van der Waals surface area contributed by atoms with E-state index in [0.29, 0.717) is 35.7 Å². The molecule has 1 atom stereocenters. The molecule has 0 spiro atoms. The van der Waals surface area contributed by atoms with Gasteiger partial charge in [-0.05, 0) is 37.1 Å². The summed E-state index contributed by atoms with van der Waals surface area (Å²) >= 11 is 1.25. The highest BCUT2D eigenvalue weighted by Gasteiger charge is 2.30. The molecule has 4 heterocycles. The zero-order valence-corrected chi connectivity index (χ0v) is 22.0. The molecule has 11 heteroatoms. The Labute approximate surface area is 221 Å². The van der Waals surface area contributed by atoms with Crippen molar-refractivity contribution >= 4 is 34.1 Å². The highest BCUT2D eigenvalue weighted by atomic mass is 32.1. The molecule has 8 nitrogen and oxygen atoms in total. The molecule has 1 amide bonds. The molecule has 3 aromatic heterocycles. The predicted octanol–water partition coefficient (Wildman–Crippen LogP) is 4.53. The van der Waals surface area contributed by atoms with Crippen LogP contribution in [0.3, 0.4) is 0 Å². The molecule has 1 aliphatic heterocycles. The molecule has 0 aliphatic carbocycles. The third-order valence-corrected chi connectivity index (χ3v) is 7.47. The largest absolute Gasteiger partial charge is 0.356 e. The molecule has 1 saturated heterocycles. The van der Waals surface area contributed by atoms with Crippen LogP contribution in [-0.4, -0.2) is 56.0 Å². The van der Waals surface area contributed by atoms with Crippen LogP contribution in [0.5, 0.6) is 0 Å². The van der Waals surface area contributed by atoms with Gasteiger partial charge in [0, 0.05) is 31.2 Å². The van der Waals surface area contributed by atoms with Crippen LogP contribution >= 0.6 is 11.3 Å². The molecule has 5 rings (SSSR count). The van der Waals surface area contributed by atoms with Crippen molar-refractivity contribution in [2.45, 2.75) is 32.7 Å². The summed E-state index contributed by atoms with van der Waals surface area (Å²) in [4.78, 5) is 42.7. The molecule has 0 unspecified atom stereocenters. The van der Waals surface area contributed by atoms with Gasteiger partial charge in [0.2, 0.25) is 5.91 Å². The summed E-state index contributed by atoms with van der Waals surface area (Å²) in [5.41, 5.74) is 1.65. The standard InChI is InChI=1S/C27H26F2N6O2S/c1-5-21(36)33-10-11-34(16(4)13-33)24-18-12-20(29)23(17-8-6-7-9-19(17)28)31-25(18)35(27(37)32-24)26-22(15(2)3)30-14-38-26/h5-9,12,14-16H,1,10-11,13H2,2-4H3/t16-/m0/s1. The molecule has 1 aliphatic rings. The molecule has 4 aromatic rings. The Balaban J connectivity index is 1.76. The maximum Gasteiger partial charge on any atom is 0.356 e. The summed E-state index contributed by atoms with van der Waals surface area (Å²) in [5, 5.41) is 0.836. The number of aromatic nitrogens is 4. The summed E-state index contributed by atoms with van der Waals surface area (Å²) in [6.45, 7) is 10.5. The van der Waals surface area contributed by atoms with Crippen molar-refractivity contribution in [3.63, 3.8) is 0 Å². The van der Waals surface area contributed by atoms with E-state index in [1.54, 1.807) is 16.5 Å². The van der Waals surface area contributed by atoms with Gasteiger partial charge in [-0.3, -0.25) is 4.79 Å². The fourth-order valence-electron chi connectivity index (χ4n) is 4.76. The zero-order valence-electron chi connectivity index (χ0n) is 21.2. The lowest BCUT2D eigenvalue weighted by Crippen LogP contribution is -2.54. The molecule has 38 heavy (non-hydrogen) atoms. The summed E-state index contributed by atoms with van der Waals surface area (Å²) in [7, 11) is 0. The Morgan fingerprint density at radius 3 is 2.63 bits per heavy atom. The summed E-state index contributed by atoms with van der Waals surface area (Å²) in [6, 6.07) is 6.83. The minimum atomic E-state index is -0.739. The van der Waals surface area contributed by atoms with Gasteiger partial charge in [-0.15, -0.1) is 11.3 Å². The summed E-state index contributed by atoms with van der Waals surface area (Å²) in [6.07, 6.45) is 1.27. The van der Waals surface area contributed by atoms with Crippen molar-refractivity contribution in [2.24, 2.45) is 0 Å². The van der Waals surface area contributed by atoms with Crippen LogP contribution in [0.25, 0.3) is 27.3 Å². The number of piperazine rings is 1. The molecule has 0 saturated carbocycles. The molecule has 1 aromatic carbocycles. The van der Waals surface area contributed by atoms with Crippen LogP contribution in [0, 0.1) is 11.6 Å². The maximum absolute atomic E-state index is 15.6. The van der Waals surface area contributed by atoms with Gasteiger partial charge in [-0.1, -0.05) is 32.6 Å².